The zero-order valence-corrected chi connectivity index (χ0v) is 13.8. The monoisotopic (exact) mass is 345 g/mol. The lowest BCUT2D eigenvalue weighted by atomic mass is 10.0. The van der Waals surface area contributed by atoms with Crippen molar-refractivity contribution < 1.29 is 24.6 Å². The second kappa shape index (κ2) is 9.08. The van der Waals surface area contributed by atoms with Crippen LogP contribution >= 0.6 is 0 Å². The van der Waals surface area contributed by atoms with Crippen LogP contribution in [0, 0.1) is 17.2 Å². The number of carbonyl (C=O) groups excluding carboxylic acids is 1. The lowest BCUT2D eigenvalue weighted by Crippen LogP contribution is -2.42. The maximum atomic E-state index is 12.1. The molecule has 0 saturated carbocycles. The molecule has 0 fully saturated rings. The van der Waals surface area contributed by atoms with E-state index in [0.29, 0.717) is 5.69 Å². The number of nitrogens with one attached hydrogen (secondary N) is 2. The smallest absolute Gasteiger partial charge is 0.335 e. The lowest BCUT2D eigenvalue weighted by Gasteiger charge is -2.16. The molecule has 1 rings (SSSR count). The van der Waals surface area contributed by atoms with Crippen LogP contribution in [0.5, 0.6) is 0 Å². The van der Waals surface area contributed by atoms with E-state index < -0.39 is 23.9 Å². The first-order chi connectivity index (χ1) is 11.7. The normalized spacial score (nSPS) is 12.2. The third-order valence-electron chi connectivity index (χ3n) is 3.19. The number of carbonyl (C=O) groups is 3. The molecule has 1 atom stereocenters. The molecule has 1 aromatic rings. The largest absolute Gasteiger partial charge is 0.480 e. The van der Waals surface area contributed by atoms with Gasteiger partial charge in [-0.05, 0) is 36.6 Å². The molecule has 1 aromatic carbocycles. The Balaban J connectivity index is 2.80. The van der Waals surface area contributed by atoms with Crippen molar-refractivity contribution in [2.24, 2.45) is 5.92 Å². The van der Waals surface area contributed by atoms with Gasteiger partial charge in [0.25, 0.3) is 5.91 Å². The summed E-state index contributed by atoms with van der Waals surface area (Å²) in [7, 11) is 0. The summed E-state index contributed by atoms with van der Waals surface area (Å²) in [6.45, 7) is 3.65. The van der Waals surface area contributed by atoms with E-state index in [1.807, 2.05) is 13.8 Å². The number of nitrogens with zero attached hydrogens (tertiary/aromatic N) is 1. The van der Waals surface area contributed by atoms with E-state index in [0.717, 1.165) is 6.20 Å². The lowest BCUT2D eigenvalue weighted by molar-refractivity contribution is -0.141. The molecule has 0 heterocycles. The van der Waals surface area contributed by atoms with Crippen LogP contribution < -0.4 is 10.6 Å². The van der Waals surface area contributed by atoms with E-state index in [4.69, 9.17) is 15.5 Å². The molecular weight excluding hydrogens is 326 g/mol. The summed E-state index contributed by atoms with van der Waals surface area (Å²) in [5.74, 6) is -2.98. The highest BCUT2D eigenvalue weighted by molar-refractivity contribution is 5.99. The molecule has 0 aliphatic carbocycles. The third-order valence-corrected chi connectivity index (χ3v) is 3.19. The summed E-state index contributed by atoms with van der Waals surface area (Å²) in [6, 6.07) is 6.31. The first-order valence-corrected chi connectivity index (χ1v) is 7.48. The van der Waals surface area contributed by atoms with Crippen molar-refractivity contribution in [2.75, 3.05) is 5.32 Å². The van der Waals surface area contributed by atoms with Crippen LogP contribution in [-0.2, 0) is 9.59 Å². The Morgan fingerprint density at radius 1 is 1.20 bits per heavy atom. The number of hydrogen-bond donors (Lipinski definition) is 4. The van der Waals surface area contributed by atoms with Crippen molar-refractivity contribution >= 4 is 23.5 Å². The number of hydrogen-bond acceptors (Lipinski definition) is 5. The van der Waals surface area contributed by atoms with Crippen molar-refractivity contribution in [3.8, 4) is 6.07 Å². The molecule has 132 valence electrons. The zero-order valence-electron chi connectivity index (χ0n) is 13.8. The van der Waals surface area contributed by atoms with Gasteiger partial charge in [-0.25, -0.2) is 9.59 Å². The first kappa shape index (κ1) is 19.7. The number of rotatable bonds is 8. The first-order valence-electron chi connectivity index (χ1n) is 7.48. The van der Waals surface area contributed by atoms with Crippen molar-refractivity contribution in [3.63, 3.8) is 0 Å². The van der Waals surface area contributed by atoms with Crippen molar-refractivity contribution in [1.82, 2.24) is 5.32 Å². The third kappa shape index (κ3) is 6.35. The number of aromatic carboxylic acids is 1. The fraction of sp³-hybridized carbons (Fsp3) is 0.294. The van der Waals surface area contributed by atoms with Gasteiger partial charge in [0.1, 0.15) is 17.7 Å². The average Bonchev–Trinajstić information content (AvgIpc) is 2.54. The van der Waals surface area contributed by atoms with Crippen LogP contribution in [0.3, 0.4) is 0 Å². The average molecular weight is 345 g/mol. The highest BCUT2D eigenvalue weighted by atomic mass is 16.4. The summed E-state index contributed by atoms with van der Waals surface area (Å²) in [4.78, 5) is 34.0. The minimum absolute atomic E-state index is 0.0572. The van der Waals surface area contributed by atoms with E-state index in [2.05, 4.69) is 10.6 Å². The molecule has 8 nitrogen and oxygen atoms in total. The molecule has 4 N–H and O–H groups in total. The summed E-state index contributed by atoms with van der Waals surface area (Å²) in [5.41, 5.74) is 0.283. The van der Waals surface area contributed by atoms with Gasteiger partial charge in [0, 0.05) is 11.9 Å². The molecule has 8 heteroatoms. The Morgan fingerprint density at radius 3 is 2.24 bits per heavy atom. The number of nitriles is 1. The van der Waals surface area contributed by atoms with Gasteiger partial charge < -0.3 is 20.8 Å². The van der Waals surface area contributed by atoms with E-state index in [-0.39, 0.29) is 23.5 Å². The minimum Gasteiger partial charge on any atom is -0.480 e. The molecule has 0 bridgehead atoms. The van der Waals surface area contributed by atoms with Gasteiger partial charge in [-0.15, -0.1) is 0 Å². The summed E-state index contributed by atoms with van der Waals surface area (Å²) >= 11 is 0. The highest BCUT2D eigenvalue weighted by Gasteiger charge is 2.22. The zero-order chi connectivity index (χ0) is 19.0. The summed E-state index contributed by atoms with van der Waals surface area (Å²) in [6.07, 6.45) is 1.38. The fourth-order valence-electron chi connectivity index (χ4n) is 1.94. The minimum atomic E-state index is -1.17. The molecule has 0 aromatic heterocycles. The molecule has 0 aliphatic rings. The molecule has 1 unspecified atom stereocenters. The molecule has 0 saturated heterocycles. The number of carboxylic acid groups (broad SMARTS) is 2. The van der Waals surface area contributed by atoms with Crippen LogP contribution in [0.2, 0.25) is 0 Å². The highest BCUT2D eigenvalue weighted by Crippen LogP contribution is 2.11. The predicted molar refractivity (Wildman–Crippen MR) is 89.7 cm³/mol. The predicted octanol–water partition coefficient (Wildman–Crippen LogP) is 1.82. The Hall–Kier alpha value is -3.34. The Morgan fingerprint density at radius 2 is 1.80 bits per heavy atom. The number of anilines is 1. The quantitative estimate of drug-likeness (QED) is 0.416. The number of amides is 1. The fourth-order valence-corrected chi connectivity index (χ4v) is 1.94. The maximum absolute atomic E-state index is 12.1. The van der Waals surface area contributed by atoms with E-state index in [1.165, 1.54) is 24.3 Å². The van der Waals surface area contributed by atoms with Gasteiger partial charge in [-0.3, -0.25) is 4.79 Å². The van der Waals surface area contributed by atoms with Crippen LogP contribution in [0.1, 0.15) is 30.6 Å². The van der Waals surface area contributed by atoms with Gasteiger partial charge in [0.2, 0.25) is 0 Å². The maximum Gasteiger partial charge on any atom is 0.335 e. The van der Waals surface area contributed by atoms with Gasteiger partial charge in [0.15, 0.2) is 0 Å². The van der Waals surface area contributed by atoms with Crippen LogP contribution in [0.25, 0.3) is 0 Å². The number of aliphatic carboxylic acids is 1. The van der Waals surface area contributed by atoms with E-state index in [9.17, 15) is 14.4 Å². The number of carboxylic acids is 2. The summed E-state index contributed by atoms with van der Waals surface area (Å²) < 4.78 is 0. The second-order valence-electron chi connectivity index (χ2n) is 5.69. The SMILES string of the molecule is CC(C)CC(NC(=O)/C(C#N)=C\Nc1ccc(C(=O)O)cc1)C(=O)O. The van der Waals surface area contributed by atoms with Gasteiger partial charge >= 0.3 is 11.9 Å². The number of benzene rings is 1. The molecule has 0 spiro atoms. The standard InChI is InChI=1S/C17H19N3O5/c1-10(2)7-14(17(24)25)20-15(21)12(8-18)9-19-13-5-3-11(4-6-13)16(22)23/h3-6,9-10,14,19H,7H2,1-2H3,(H,20,21)(H,22,23)(H,24,25)/b12-9-. The Kier molecular flexibility index (Phi) is 7.16. The van der Waals surface area contributed by atoms with Crippen LogP contribution in [0.4, 0.5) is 5.69 Å². The van der Waals surface area contributed by atoms with E-state index in [1.54, 1.807) is 6.07 Å². The van der Waals surface area contributed by atoms with Crippen molar-refractivity contribution in [3.05, 3.63) is 41.6 Å². The van der Waals surface area contributed by atoms with Crippen LogP contribution in [0.15, 0.2) is 36.0 Å². The van der Waals surface area contributed by atoms with Gasteiger partial charge in [0.05, 0.1) is 5.56 Å². The molecule has 25 heavy (non-hydrogen) atoms. The van der Waals surface area contributed by atoms with Crippen molar-refractivity contribution in [2.45, 2.75) is 26.3 Å². The molecule has 0 radical (unpaired) electrons. The second-order valence-corrected chi connectivity index (χ2v) is 5.69. The Labute approximate surface area is 144 Å². The van der Waals surface area contributed by atoms with Crippen LogP contribution in [-0.4, -0.2) is 34.1 Å². The van der Waals surface area contributed by atoms with Gasteiger partial charge in [-0.2, -0.15) is 5.26 Å². The van der Waals surface area contributed by atoms with E-state index >= 15 is 0 Å². The van der Waals surface area contributed by atoms with Crippen molar-refractivity contribution in [1.29, 1.82) is 5.26 Å². The van der Waals surface area contributed by atoms with Gasteiger partial charge in [-0.1, -0.05) is 13.8 Å². The molecule has 0 aliphatic heterocycles. The molecule has 1 amide bonds. The summed E-state index contributed by atoms with van der Waals surface area (Å²) in [5, 5.41) is 32.0. The molecular formula is C17H19N3O5. The topological polar surface area (TPSA) is 140 Å². The Bertz CT molecular complexity index is 717.